The van der Waals surface area contributed by atoms with Gasteiger partial charge in [-0.2, -0.15) is 9.29 Å². The summed E-state index contributed by atoms with van der Waals surface area (Å²) in [6.07, 6.45) is 0. The number of aromatic nitrogens is 4. The molecule has 5 aromatic rings. The maximum Gasteiger partial charge on any atom is 0.331 e. The third-order valence-electron chi connectivity index (χ3n) is 6.75. The Hall–Kier alpha value is -4.68. The normalized spacial score (nSPS) is 11.7. The van der Waals surface area contributed by atoms with E-state index in [9.17, 15) is 18.0 Å². The fourth-order valence-electron chi connectivity index (χ4n) is 4.48. The first-order chi connectivity index (χ1) is 19.7. The summed E-state index contributed by atoms with van der Waals surface area (Å²) in [6, 6.07) is 22.5. The van der Waals surface area contributed by atoms with E-state index in [1.54, 1.807) is 43.4 Å². The van der Waals surface area contributed by atoms with Crippen LogP contribution in [0.5, 0.6) is 11.8 Å². The fourth-order valence-corrected chi connectivity index (χ4v) is 5.89. The Labute approximate surface area is 236 Å². The molecule has 3 aromatic heterocycles. The number of nitrogens with zero attached hydrogens (tertiary/aromatic N) is 4. The Morgan fingerprint density at radius 1 is 0.902 bits per heavy atom. The van der Waals surface area contributed by atoms with E-state index in [0.717, 1.165) is 10.1 Å². The van der Waals surface area contributed by atoms with Crippen molar-refractivity contribution in [2.75, 3.05) is 20.3 Å². The van der Waals surface area contributed by atoms with E-state index in [1.165, 1.54) is 35.2 Å². The molecule has 0 aliphatic carbocycles. The standard InChI is InChI=1S/C29H29N5O6S/c1-32-24-18-23(30-27(24)28(35)33(2)29(32)36)21-12-14-22(15-13-21)41(37,38)34(19-20-8-5-4-6-9-20)16-17-40-26-11-7-10-25(31-26)39-3/h4-15,18,30H,16-17,19H2,1-3H3. The SMILES string of the molecule is COc1cccc(OCCN(Cc2ccccc2)S(=O)(=O)c2ccc(-c3cc4c([nH]3)c(=O)n(C)c(=O)n4C)cc2)n1. The highest BCUT2D eigenvalue weighted by Gasteiger charge is 2.25. The van der Waals surface area contributed by atoms with Gasteiger partial charge in [0, 0.05) is 45.0 Å². The molecular weight excluding hydrogens is 546 g/mol. The van der Waals surface area contributed by atoms with E-state index in [-0.39, 0.29) is 24.6 Å². The predicted octanol–water partition coefficient (Wildman–Crippen LogP) is 2.91. The molecular formula is C29H29N5O6S. The van der Waals surface area contributed by atoms with Gasteiger partial charge in [-0.1, -0.05) is 48.5 Å². The van der Waals surface area contributed by atoms with E-state index in [4.69, 9.17) is 9.47 Å². The van der Waals surface area contributed by atoms with Crippen LogP contribution in [-0.2, 0) is 30.7 Å². The molecule has 212 valence electrons. The zero-order chi connectivity index (χ0) is 29.1. The molecule has 0 aliphatic rings. The van der Waals surface area contributed by atoms with Crippen molar-refractivity contribution in [1.82, 2.24) is 23.4 Å². The molecule has 0 aliphatic heterocycles. The van der Waals surface area contributed by atoms with Gasteiger partial charge in [0.15, 0.2) is 0 Å². The Balaban J connectivity index is 1.41. The van der Waals surface area contributed by atoms with E-state index < -0.39 is 21.3 Å². The summed E-state index contributed by atoms with van der Waals surface area (Å²) in [7, 11) is 0.602. The molecule has 0 fully saturated rings. The van der Waals surface area contributed by atoms with Gasteiger partial charge in [-0.15, -0.1) is 0 Å². The molecule has 12 heteroatoms. The maximum atomic E-state index is 13.8. The molecule has 0 radical (unpaired) electrons. The molecule has 3 heterocycles. The molecule has 0 amide bonds. The van der Waals surface area contributed by atoms with Crippen molar-refractivity contribution in [3.05, 3.63) is 105 Å². The Morgan fingerprint density at radius 3 is 2.32 bits per heavy atom. The van der Waals surface area contributed by atoms with Crippen molar-refractivity contribution < 1.29 is 17.9 Å². The van der Waals surface area contributed by atoms with Gasteiger partial charge < -0.3 is 14.5 Å². The number of nitrogens with one attached hydrogen (secondary N) is 1. The van der Waals surface area contributed by atoms with Crippen LogP contribution in [0.1, 0.15) is 5.56 Å². The fraction of sp³-hybridized carbons (Fsp3) is 0.207. The van der Waals surface area contributed by atoms with Gasteiger partial charge >= 0.3 is 5.69 Å². The second-order valence-corrected chi connectivity index (χ2v) is 11.3. The van der Waals surface area contributed by atoms with E-state index in [1.807, 2.05) is 30.3 Å². The second kappa shape index (κ2) is 11.4. The zero-order valence-electron chi connectivity index (χ0n) is 22.8. The van der Waals surface area contributed by atoms with Gasteiger partial charge in [0.1, 0.15) is 12.1 Å². The molecule has 1 N–H and O–H groups in total. The number of sulfonamides is 1. The number of aryl methyl sites for hydroxylation is 1. The number of benzene rings is 2. The lowest BCUT2D eigenvalue weighted by Gasteiger charge is -2.22. The molecule has 2 aromatic carbocycles. The lowest BCUT2D eigenvalue weighted by molar-refractivity contribution is 0.258. The molecule has 0 unspecified atom stereocenters. The predicted molar refractivity (Wildman–Crippen MR) is 155 cm³/mol. The molecule has 5 rings (SSSR count). The largest absolute Gasteiger partial charge is 0.481 e. The Bertz CT molecular complexity index is 1910. The van der Waals surface area contributed by atoms with Crippen LogP contribution in [0.2, 0.25) is 0 Å². The molecule has 0 saturated heterocycles. The number of pyridine rings is 1. The minimum atomic E-state index is -3.92. The lowest BCUT2D eigenvalue weighted by Crippen LogP contribution is -2.36. The van der Waals surface area contributed by atoms with Crippen LogP contribution >= 0.6 is 0 Å². The summed E-state index contributed by atoms with van der Waals surface area (Å²) in [5, 5.41) is 0. The van der Waals surface area contributed by atoms with Crippen molar-refractivity contribution in [1.29, 1.82) is 0 Å². The first kappa shape index (κ1) is 27.9. The van der Waals surface area contributed by atoms with Crippen LogP contribution in [0, 0.1) is 0 Å². The van der Waals surface area contributed by atoms with Crippen LogP contribution < -0.4 is 20.7 Å². The topological polar surface area (TPSA) is 129 Å². The lowest BCUT2D eigenvalue weighted by atomic mass is 10.1. The van der Waals surface area contributed by atoms with E-state index >= 15 is 0 Å². The first-order valence-corrected chi connectivity index (χ1v) is 14.2. The second-order valence-electron chi connectivity index (χ2n) is 9.36. The highest BCUT2D eigenvalue weighted by atomic mass is 32.2. The number of aromatic amines is 1. The summed E-state index contributed by atoms with van der Waals surface area (Å²) < 4.78 is 42.2. The van der Waals surface area contributed by atoms with Gasteiger partial charge in [-0.05, 0) is 29.3 Å². The number of H-pyrrole nitrogens is 1. The Morgan fingerprint density at radius 2 is 1.61 bits per heavy atom. The van der Waals surface area contributed by atoms with Gasteiger partial charge in [0.2, 0.25) is 21.8 Å². The third kappa shape index (κ3) is 5.65. The smallest absolute Gasteiger partial charge is 0.331 e. The minimum absolute atomic E-state index is 0.0764. The number of methoxy groups -OCH3 is 1. The number of rotatable bonds is 10. The Kier molecular flexibility index (Phi) is 7.77. The van der Waals surface area contributed by atoms with Crippen LogP contribution in [0.4, 0.5) is 0 Å². The quantitative estimate of drug-likeness (QED) is 0.271. The van der Waals surface area contributed by atoms with Crippen LogP contribution in [-0.4, -0.2) is 52.1 Å². The van der Waals surface area contributed by atoms with E-state index in [2.05, 4.69) is 9.97 Å². The van der Waals surface area contributed by atoms with Gasteiger partial charge in [-0.3, -0.25) is 13.9 Å². The molecule has 0 bridgehead atoms. The summed E-state index contributed by atoms with van der Waals surface area (Å²) in [6.45, 7) is 0.309. The van der Waals surface area contributed by atoms with Crippen molar-refractivity contribution >= 4 is 21.1 Å². The summed E-state index contributed by atoms with van der Waals surface area (Å²) >= 11 is 0. The van der Waals surface area contributed by atoms with Gasteiger partial charge in [0.25, 0.3) is 5.56 Å². The summed E-state index contributed by atoms with van der Waals surface area (Å²) in [5.41, 5.74) is 1.97. The van der Waals surface area contributed by atoms with Crippen molar-refractivity contribution in [2.24, 2.45) is 14.1 Å². The zero-order valence-corrected chi connectivity index (χ0v) is 23.6. The van der Waals surface area contributed by atoms with E-state index in [0.29, 0.717) is 34.1 Å². The van der Waals surface area contributed by atoms with Crippen molar-refractivity contribution in [2.45, 2.75) is 11.4 Å². The molecule has 11 nitrogen and oxygen atoms in total. The van der Waals surface area contributed by atoms with Crippen LogP contribution in [0.3, 0.4) is 0 Å². The number of ether oxygens (including phenoxy) is 2. The summed E-state index contributed by atoms with van der Waals surface area (Å²) in [4.78, 5) is 32.3. The molecule has 0 atom stereocenters. The third-order valence-corrected chi connectivity index (χ3v) is 8.61. The molecule has 41 heavy (non-hydrogen) atoms. The number of hydrogen-bond donors (Lipinski definition) is 1. The minimum Gasteiger partial charge on any atom is -0.481 e. The average molecular weight is 576 g/mol. The number of hydrogen-bond acceptors (Lipinski definition) is 7. The van der Waals surface area contributed by atoms with Crippen LogP contribution in [0.15, 0.2) is 93.3 Å². The first-order valence-electron chi connectivity index (χ1n) is 12.8. The summed E-state index contributed by atoms with van der Waals surface area (Å²) in [5.74, 6) is 0.727. The molecule has 0 saturated carbocycles. The highest BCUT2D eigenvalue weighted by molar-refractivity contribution is 7.89. The monoisotopic (exact) mass is 575 g/mol. The average Bonchev–Trinajstić information content (AvgIpc) is 3.45. The van der Waals surface area contributed by atoms with Gasteiger partial charge in [0.05, 0.1) is 17.5 Å². The van der Waals surface area contributed by atoms with Crippen LogP contribution in [0.25, 0.3) is 22.3 Å². The number of fused-ring (bicyclic) bond motifs is 1. The maximum absolute atomic E-state index is 13.8. The van der Waals surface area contributed by atoms with Crippen molar-refractivity contribution in [3.8, 4) is 23.0 Å². The van der Waals surface area contributed by atoms with Crippen molar-refractivity contribution in [3.63, 3.8) is 0 Å². The molecule has 0 spiro atoms. The highest BCUT2D eigenvalue weighted by Crippen LogP contribution is 2.25. The van der Waals surface area contributed by atoms with Gasteiger partial charge in [-0.25, -0.2) is 13.2 Å².